The first-order valence-corrected chi connectivity index (χ1v) is 8.24. The first-order chi connectivity index (χ1) is 10.0. The molecule has 0 aliphatic carbocycles. The van der Waals surface area contributed by atoms with Gasteiger partial charge in [0.2, 0.25) is 0 Å². The molecule has 0 saturated carbocycles. The molecule has 0 spiro atoms. The largest absolute Gasteiger partial charge is 0.488 e. The van der Waals surface area contributed by atoms with E-state index in [0.29, 0.717) is 18.4 Å². The van der Waals surface area contributed by atoms with Crippen molar-refractivity contribution in [3.05, 3.63) is 33.8 Å². The van der Waals surface area contributed by atoms with Crippen LogP contribution in [0.25, 0.3) is 6.08 Å². The number of likely N-dealkylation sites (tertiary alicyclic amines) is 1. The minimum Gasteiger partial charge on any atom is -0.488 e. The lowest BCUT2D eigenvalue weighted by molar-refractivity contribution is -0.130. The Labute approximate surface area is 134 Å². The Morgan fingerprint density at radius 2 is 2.00 bits per heavy atom. The molecule has 0 aromatic heterocycles. The number of amides is 1. The number of fused-ring (bicyclic) bond motifs is 1. The van der Waals surface area contributed by atoms with Gasteiger partial charge in [-0.15, -0.1) is 0 Å². The number of carbonyl (C=O) groups excluding carboxylic acids is 1. The summed E-state index contributed by atoms with van der Waals surface area (Å²) < 4.78 is 6.72. The Hall–Kier alpha value is -1.29. The first-order valence-electron chi connectivity index (χ1n) is 7.45. The summed E-state index contributed by atoms with van der Waals surface area (Å²) in [6.45, 7) is 6.51. The van der Waals surface area contributed by atoms with E-state index in [1.807, 2.05) is 29.2 Å². The Kier molecular flexibility index (Phi) is 4.07. The van der Waals surface area contributed by atoms with Crippen molar-refractivity contribution < 1.29 is 9.53 Å². The minimum atomic E-state index is 0.124. The molecular formula is C17H20BrNO2. The molecule has 0 unspecified atom stereocenters. The van der Waals surface area contributed by atoms with E-state index in [2.05, 4.69) is 29.8 Å². The number of piperidine rings is 1. The summed E-state index contributed by atoms with van der Waals surface area (Å²) in [4.78, 5) is 14.7. The fraction of sp³-hybridized carbons (Fsp3) is 0.471. The van der Waals surface area contributed by atoms with Crippen molar-refractivity contribution >= 4 is 27.9 Å². The highest BCUT2D eigenvalue weighted by atomic mass is 79.9. The highest BCUT2D eigenvalue weighted by molar-refractivity contribution is 9.10. The third-order valence-corrected chi connectivity index (χ3v) is 4.61. The van der Waals surface area contributed by atoms with E-state index in [0.717, 1.165) is 34.4 Å². The summed E-state index contributed by atoms with van der Waals surface area (Å²) in [7, 11) is 0. The quantitative estimate of drug-likeness (QED) is 0.772. The van der Waals surface area contributed by atoms with Crippen LogP contribution in [0.3, 0.4) is 0 Å². The molecule has 1 aromatic rings. The Balaban J connectivity index is 1.82. The summed E-state index contributed by atoms with van der Waals surface area (Å²) in [6, 6.07) is 5.87. The van der Waals surface area contributed by atoms with Crippen molar-refractivity contribution in [2.24, 2.45) is 11.8 Å². The summed E-state index contributed by atoms with van der Waals surface area (Å²) in [5, 5.41) is 0. The van der Waals surface area contributed by atoms with Crippen molar-refractivity contribution in [2.45, 2.75) is 20.3 Å². The van der Waals surface area contributed by atoms with Gasteiger partial charge in [0.25, 0.3) is 5.91 Å². The highest BCUT2D eigenvalue weighted by Crippen LogP contribution is 2.30. The predicted octanol–water partition coefficient (Wildman–Crippen LogP) is 3.73. The first kappa shape index (κ1) is 14.6. The van der Waals surface area contributed by atoms with Gasteiger partial charge >= 0.3 is 0 Å². The van der Waals surface area contributed by atoms with E-state index < -0.39 is 0 Å². The normalized spacial score (nSPS) is 24.9. The lowest BCUT2D eigenvalue weighted by Gasteiger charge is -2.35. The van der Waals surface area contributed by atoms with Crippen LogP contribution in [-0.2, 0) is 4.79 Å². The minimum absolute atomic E-state index is 0.124. The molecule has 2 heterocycles. The number of ether oxygens (including phenoxy) is 1. The molecule has 1 fully saturated rings. The average molecular weight is 350 g/mol. The van der Waals surface area contributed by atoms with Gasteiger partial charge in [0.1, 0.15) is 12.4 Å². The maximum Gasteiger partial charge on any atom is 0.253 e. The predicted molar refractivity (Wildman–Crippen MR) is 87.1 cm³/mol. The number of carbonyl (C=O) groups is 1. The van der Waals surface area contributed by atoms with E-state index in [4.69, 9.17) is 4.74 Å². The SMILES string of the molecule is C[C@@H]1C[C@H](C)CN(C(=O)C2=Cc3cc(Br)ccc3OC2)C1. The van der Waals surface area contributed by atoms with Crippen LogP contribution in [0.1, 0.15) is 25.8 Å². The van der Waals surface area contributed by atoms with Crippen LogP contribution in [0.5, 0.6) is 5.75 Å². The van der Waals surface area contributed by atoms with Crippen LogP contribution in [0.4, 0.5) is 0 Å². The second kappa shape index (κ2) is 5.84. The summed E-state index contributed by atoms with van der Waals surface area (Å²) >= 11 is 3.46. The van der Waals surface area contributed by atoms with Gasteiger partial charge in [-0.3, -0.25) is 4.79 Å². The molecule has 3 rings (SSSR count). The summed E-state index contributed by atoms with van der Waals surface area (Å²) in [5.74, 6) is 2.11. The van der Waals surface area contributed by atoms with Gasteiger partial charge in [-0.2, -0.15) is 0 Å². The van der Waals surface area contributed by atoms with Crippen molar-refractivity contribution in [1.29, 1.82) is 0 Å². The maximum atomic E-state index is 12.7. The monoisotopic (exact) mass is 349 g/mol. The molecule has 1 amide bonds. The van der Waals surface area contributed by atoms with Gasteiger partial charge in [0.05, 0.1) is 5.57 Å². The van der Waals surface area contributed by atoms with Crippen molar-refractivity contribution in [3.63, 3.8) is 0 Å². The molecule has 0 radical (unpaired) electrons. The fourth-order valence-corrected chi connectivity index (χ4v) is 3.68. The topological polar surface area (TPSA) is 29.5 Å². The van der Waals surface area contributed by atoms with Gasteiger partial charge in [0, 0.05) is 23.1 Å². The molecule has 3 nitrogen and oxygen atoms in total. The Morgan fingerprint density at radius 1 is 1.29 bits per heavy atom. The molecule has 0 N–H and O–H groups in total. The van der Waals surface area contributed by atoms with E-state index in [9.17, 15) is 4.79 Å². The number of benzene rings is 1. The zero-order chi connectivity index (χ0) is 15.0. The van der Waals surface area contributed by atoms with Gasteiger partial charge in [-0.05, 0) is 42.5 Å². The fourth-order valence-electron chi connectivity index (χ4n) is 3.30. The number of hydrogen-bond acceptors (Lipinski definition) is 2. The third kappa shape index (κ3) is 3.15. The molecular weight excluding hydrogens is 330 g/mol. The highest BCUT2D eigenvalue weighted by Gasteiger charge is 2.28. The number of halogens is 1. The number of hydrogen-bond donors (Lipinski definition) is 0. The number of nitrogens with zero attached hydrogens (tertiary/aromatic N) is 1. The second-order valence-electron chi connectivity index (χ2n) is 6.30. The molecule has 4 heteroatoms. The summed E-state index contributed by atoms with van der Waals surface area (Å²) in [6.07, 6.45) is 3.17. The second-order valence-corrected chi connectivity index (χ2v) is 7.21. The third-order valence-electron chi connectivity index (χ3n) is 4.12. The molecule has 0 bridgehead atoms. The lowest BCUT2D eigenvalue weighted by Crippen LogP contribution is -2.44. The zero-order valence-electron chi connectivity index (χ0n) is 12.4. The van der Waals surface area contributed by atoms with Crippen LogP contribution in [0.15, 0.2) is 28.2 Å². The van der Waals surface area contributed by atoms with Gasteiger partial charge < -0.3 is 9.64 Å². The molecule has 2 aliphatic heterocycles. The van der Waals surface area contributed by atoms with Crippen LogP contribution in [0.2, 0.25) is 0 Å². The standard InChI is InChI=1S/C17H20BrNO2/c1-11-5-12(2)9-19(8-11)17(20)14-6-13-7-15(18)3-4-16(13)21-10-14/h3-4,6-7,11-12H,5,8-10H2,1-2H3/t11-,12+. The van der Waals surface area contributed by atoms with Crippen LogP contribution in [-0.4, -0.2) is 30.5 Å². The molecule has 1 aromatic carbocycles. The van der Waals surface area contributed by atoms with Gasteiger partial charge in [-0.1, -0.05) is 29.8 Å². The van der Waals surface area contributed by atoms with E-state index in [1.54, 1.807) is 0 Å². The van der Waals surface area contributed by atoms with Crippen LogP contribution < -0.4 is 4.74 Å². The van der Waals surface area contributed by atoms with E-state index in [1.165, 1.54) is 6.42 Å². The summed E-state index contributed by atoms with van der Waals surface area (Å²) in [5.41, 5.74) is 1.72. The molecule has 2 atom stereocenters. The van der Waals surface area contributed by atoms with Crippen molar-refractivity contribution in [3.8, 4) is 5.75 Å². The van der Waals surface area contributed by atoms with E-state index in [-0.39, 0.29) is 5.91 Å². The van der Waals surface area contributed by atoms with Crippen molar-refractivity contribution in [1.82, 2.24) is 4.90 Å². The Bertz CT molecular complexity index is 586. The molecule has 2 aliphatic rings. The van der Waals surface area contributed by atoms with Crippen LogP contribution >= 0.6 is 15.9 Å². The molecule has 21 heavy (non-hydrogen) atoms. The smallest absolute Gasteiger partial charge is 0.253 e. The van der Waals surface area contributed by atoms with E-state index >= 15 is 0 Å². The van der Waals surface area contributed by atoms with Gasteiger partial charge in [0.15, 0.2) is 0 Å². The van der Waals surface area contributed by atoms with Crippen LogP contribution in [0, 0.1) is 11.8 Å². The van der Waals surface area contributed by atoms with Crippen molar-refractivity contribution in [2.75, 3.05) is 19.7 Å². The zero-order valence-corrected chi connectivity index (χ0v) is 14.0. The molecule has 112 valence electrons. The maximum absolute atomic E-state index is 12.7. The molecule has 1 saturated heterocycles. The lowest BCUT2D eigenvalue weighted by atomic mass is 9.91. The van der Waals surface area contributed by atoms with Gasteiger partial charge in [-0.25, -0.2) is 0 Å². The average Bonchev–Trinajstić information content (AvgIpc) is 2.44. The Morgan fingerprint density at radius 3 is 2.71 bits per heavy atom. The number of rotatable bonds is 1.